The number of anilines is 1. The number of hydrogen-bond donors (Lipinski definition) is 0. The average molecular weight is 454 g/mol. The Balaban J connectivity index is 2.93. The van der Waals surface area contributed by atoms with Crippen LogP contribution in [-0.4, -0.2) is 42.2 Å². The standard InChI is InChI=1S/C23H43NO4Si2/c1-8-21(6)27-29(7,26-9-2)20-16-19-24(22-17-14-13-15-18-22)23(25)28-30(10-3,11-4)12-5/h13-15,17-18,21H,8-12,16,19-20H2,1-7H3. The van der Waals surface area contributed by atoms with Gasteiger partial charge in [0.25, 0.3) is 8.32 Å². The lowest BCUT2D eigenvalue weighted by molar-refractivity contribution is 0.127. The molecule has 0 spiro atoms. The molecule has 0 aliphatic heterocycles. The average Bonchev–Trinajstić information content (AvgIpc) is 2.75. The second kappa shape index (κ2) is 13.3. The van der Waals surface area contributed by atoms with Gasteiger partial charge in [0, 0.05) is 24.9 Å². The first-order valence-corrected chi connectivity index (χ1v) is 16.7. The lowest BCUT2D eigenvalue weighted by Crippen LogP contribution is -2.45. The van der Waals surface area contributed by atoms with E-state index in [4.69, 9.17) is 13.3 Å². The van der Waals surface area contributed by atoms with Gasteiger partial charge in [-0.05, 0) is 69.5 Å². The van der Waals surface area contributed by atoms with Crippen LogP contribution < -0.4 is 4.90 Å². The Kier molecular flexibility index (Phi) is 11.9. The zero-order valence-corrected chi connectivity index (χ0v) is 22.2. The van der Waals surface area contributed by atoms with E-state index in [0.717, 1.165) is 42.7 Å². The summed E-state index contributed by atoms with van der Waals surface area (Å²) in [7, 11) is -4.30. The first-order chi connectivity index (χ1) is 14.3. The van der Waals surface area contributed by atoms with Crippen molar-refractivity contribution in [1.82, 2.24) is 0 Å². The highest BCUT2D eigenvalue weighted by Crippen LogP contribution is 2.26. The van der Waals surface area contributed by atoms with Crippen molar-refractivity contribution in [1.29, 1.82) is 0 Å². The van der Waals surface area contributed by atoms with E-state index >= 15 is 0 Å². The van der Waals surface area contributed by atoms with Gasteiger partial charge < -0.3 is 13.3 Å². The maximum absolute atomic E-state index is 13.2. The molecule has 172 valence electrons. The van der Waals surface area contributed by atoms with Crippen molar-refractivity contribution >= 4 is 28.7 Å². The van der Waals surface area contributed by atoms with Gasteiger partial charge >= 0.3 is 14.7 Å². The Labute approximate surface area is 186 Å². The molecular weight excluding hydrogens is 410 g/mol. The molecule has 0 heterocycles. The van der Waals surface area contributed by atoms with E-state index in [1.54, 1.807) is 4.90 Å². The van der Waals surface area contributed by atoms with Gasteiger partial charge in [-0.25, -0.2) is 4.79 Å². The highest BCUT2D eigenvalue weighted by Gasteiger charge is 2.36. The Hall–Kier alpha value is -1.16. The van der Waals surface area contributed by atoms with E-state index in [1.165, 1.54) is 0 Å². The van der Waals surface area contributed by atoms with Crippen LogP contribution in [-0.2, 0) is 13.3 Å². The normalized spacial score (nSPS) is 14.8. The molecule has 0 N–H and O–H groups in total. The summed E-state index contributed by atoms with van der Waals surface area (Å²) in [5.74, 6) is 0. The largest absolute Gasteiger partial charge is 0.503 e. The number of hydrogen-bond acceptors (Lipinski definition) is 4. The zero-order chi connectivity index (χ0) is 22.6. The van der Waals surface area contributed by atoms with E-state index < -0.39 is 16.9 Å². The second-order valence-electron chi connectivity index (χ2n) is 8.11. The molecule has 5 nitrogen and oxygen atoms in total. The minimum atomic E-state index is -2.27. The summed E-state index contributed by atoms with van der Waals surface area (Å²) in [6.45, 7) is 16.1. The Morgan fingerprint density at radius 1 is 1.03 bits per heavy atom. The number of benzene rings is 1. The SMILES string of the molecule is CCO[Si](C)(CCCN(C(=O)O[Si](CC)(CC)CC)c1ccccc1)OC(C)CC. The molecule has 2 atom stereocenters. The van der Waals surface area contributed by atoms with Gasteiger partial charge in [0.1, 0.15) is 0 Å². The van der Waals surface area contributed by atoms with Gasteiger partial charge in [-0.1, -0.05) is 45.9 Å². The summed E-state index contributed by atoms with van der Waals surface area (Å²) in [6.07, 6.45) is 1.77. The van der Waals surface area contributed by atoms with Crippen LogP contribution in [0.4, 0.5) is 10.5 Å². The molecule has 0 bridgehead atoms. The van der Waals surface area contributed by atoms with Crippen LogP contribution in [0.2, 0.25) is 30.7 Å². The van der Waals surface area contributed by atoms with Crippen LogP contribution in [0.1, 0.15) is 54.4 Å². The highest BCUT2D eigenvalue weighted by atomic mass is 28.4. The van der Waals surface area contributed by atoms with Gasteiger partial charge in [0.15, 0.2) is 0 Å². The topological polar surface area (TPSA) is 48.0 Å². The third kappa shape index (κ3) is 8.17. The summed E-state index contributed by atoms with van der Waals surface area (Å²) in [5, 5.41) is 0. The molecule has 0 fully saturated rings. The van der Waals surface area contributed by atoms with Crippen LogP contribution in [0, 0.1) is 0 Å². The quantitative estimate of drug-likeness (QED) is 0.286. The lowest BCUT2D eigenvalue weighted by atomic mass is 10.3. The highest BCUT2D eigenvalue weighted by molar-refractivity contribution is 6.75. The van der Waals surface area contributed by atoms with Crippen LogP contribution in [0.3, 0.4) is 0 Å². The molecule has 1 aromatic rings. The molecule has 30 heavy (non-hydrogen) atoms. The van der Waals surface area contributed by atoms with E-state index in [9.17, 15) is 4.79 Å². The lowest BCUT2D eigenvalue weighted by Gasteiger charge is -2.33. The molecule has 1 rings (SSSR count). The summed E-state index contributed by atoms with van der Waals surface area (Å²) < 4.78 is 18.6. The molecule has 1 aromatic carbocycles. The molecule has 0 saturated heterocycles. The van der Waals surface area contributed by atoms with Crippen molar-refractivity contribution in [2.24, 2.45) is 0 Å². The van der Waals surface area contributed by atoms with Crippen molar-refractivity contribution in [2.75, 3.05) is 18.1 Å². The summed E-state index contributed by atoms with van der Waals surface area (Å²) in [5.41, 5.74) is 0.885. The molecular formula is C23H43NO4Si2. The zero-order valence-electron chi connectivity index (χ0n) is 20.2. The first-order valence-electron chi connectivity index (χ1n) is 11.7. The maximum atomic E-state index is 13.2. The summed E-state index contributed by atoms with van der Waals surface area (Å²) >= 11 is 0. The van der Waals surface area contributed by atoms with Crippen LogP contribution in [0.5, 0.6) is 0 Å². The maximum Gasteiger partial charge on any atom is 0.400 e. The van der Waals surface area contributed by atoms with E-state index in [0.29, 0.717) is 13.2 Å². The molecule has 7 heteroatoms. The number of rotatable bonds is 14. The second-order valence-corrected chi connectivity index (χ2v) is 16.1. The predicted molar refractivity (Wildman–Crippen MR) is 131 cm³/mol. The van der Waals surface area contributed by atoms with Crippen molar-refractivity contribution < 1.29 is 18.1 Å². The Morgan fingerprint density at radius 2 is 1.63 bits per heavy atom. The fraction of sp³-hybridized carbons (Fsp3) is 0.696. The molecule has 2 unspecified atom stereocenters. The molecule has 0 aromatic heterocycles. The number of carbonyl (C=O) groups excluding carboxylic acids is 1. The fourth-order valence-corrected chi connectivity index (χ4v) is 8.85. The predicted octanol–water partition coefficient (Wildman–Crippen LogP) is 6.95. The van der Waals surface area contributed by atoms with E-state index in [1.807, 2.05) is 37.3 Å². The Bertz CT molecular complexity index is 604. The number of para-hydroxylation sites is 1. The fourth-order valence-electron chi connectivity index (χ4n) is 3.68. The smallest absolute Gasteiger partial charge is 0.400 e. The summed E-state index contributed by atoms with van der Waals surface area (Å²) in [4.78, 5) is 15.0. The Morgan fingerprint density at radius 3 is 2.13 bits per heavy atom. The van der Waals surface area contributed by atoms with Crippen molar-refractivity contribution in [3.8, 4) is 0 Å². The van der Waals surface area contributed by atoms with Gasteiger partial charge in [-0.3, -0.25) is 4.90 Å². The van der Waals surface area contributed by atoms with E-state index in [-0.39, 0.29) is 12.2 Å². The van der Waals surface area contributed by atoms with E-state index in [2.05, 4.69) is 41.2 Å². The van der Waals surface area contributed by atoms with Gasteiger partial charge in [0.05, 0.1) is 0 Å². The van der Waals surface area contributed by atoms with Gasteiger partial charge in [-0.15, -0.1) is 0 Å². The molecule has 0 aliphatic rings. The number of carbonyl (C=O) groups is 1. The molecule has 1 amide bonds. The minimum absolute atomic E-state index is 0.189. The van der Waals surface area contributed by atoms with Crippen LogP contribution in [0.15, 0.2) is 30.3 Å². The summed E-state index contributed by atoms with van der Waals surface area (Å²) in [6, 6.07) is 13.5. The van der Waals surface area contributed by atoms with Crippen LogP contribution in [0.25, 0.3) is 0 Å². The van der Waals surface area contributed by atoms with Crippen molar-refractivity contribution in [3.05, 3.63) is 30.3 Å². The third-order valence-corrected chi connectivity index (χ3v) is 13.5. The van der Waals surface area contributed by atoms with Gasteiger partial charge in [0.2, 0.25) is 0 Å². The van der Waals surface area contributed by atoms with Gasteiger partial charge in [-0.2, -0.15) is 0 Å². The molecule has 0 radical (unpaired) electrons. The monoisotopic (exact) mass is 453 g/mol. The first kappa shape index (κ1) is 26.9. The number of amides is 1. The number of nitrogens with zero attached hydrogens (tertiary/aromatic N) is 1. The molecule has 0 aliphatic carbocycles. The molecule has 0 saturated carbocycles. The third-order valence-electron chi connectivity index (χ3n) is 6.01. The van der Waals surface area contributed by atoms with Crippen molar-refractivity contribution in [3.63, 3.8) is 0 Å². The van der Waals surface area contributed by atoms with Crippen LogP contribution >= 0.6 is 0 Å². The van der Waals surface area contributed by atoms with Crippen molar-refractivity contribution in [2.45, 2.75) is 91.2 Å². The minimum Gasteiger partial charge on any atom is -0.503 e.